The number of carbonyl (C=O) groups is 1. The van der Waals surface area contributed by atoms with Gasteiger partial charge in [-0.25, -0.2) is 14.8 Å². The van der Waals surface area contributed by atoms with Crippen molar-refractivity contribution in [3.05, 3.63) is 47.4 Å². The van der Waals surface area contributed by atoms with Crippen LogP contribution in [-0.4, -0.2) is 59.5 Å². The van der Waals surface area contributed by atoms with Crippen LogP contribution in [0.1, 0.15) is 65.3 Å². The standard InChI is InChI=1S/C32H43N7O4Si/c1-30(2,3)43-29(40)38-19-32(7,20-42-44(8,9)31(4,5)6)23-15-21(14-22(16-33)27(23)38)24-10-11-34-28(36-24)37-25-17-35-39-12-13-41-18-26(25)39/h10-11,14-15,17H,12-13,18-20H2,1-9H3,(H,34,36,37)/t32-/m1/s1. The molecular weight excluding hydrogens is 574 g/mol. The van der Waals surface area contributed by atoms with E-state index >= 15 is 0 Å². The third-order valence-electron chi connectivity index (χ3n) is 8.66. The van der Waals surface area contributed by atoms with Crippen molar-refractivity contribution in [2.45, 2.75) is 90.8 Å². The van der Waals surface area contributed by atoms with Crippen LogP contribution in [0.5, 0.6) is 0 Å². The lowest BCUT2D eigenvalue weighted by Crippen LogP contribution is -2.46. The zero-order valence-electron chi connectivity index (χ0n) is 27.2. The summed E-state index contributed by atoms with van der Waals surface area (Å²) in [5.41, 5.74) is 3.62. The van der Waals surface area contributed by atoms with Crippen molar-refractivity contribution in [3.8, 4) is 17.3 Å². The molecule has 2 aromatic heterocycles. The van der Waals surface area contributed by atoms with E-state index in [4.69, 9.17) is 18.9 Å². The summed E-state index contributed by atoms with van der Waals surface area (Å²) in [6.07, 6.45) is 2.95. The highest BCUT2D eigenvalue weighted by Gasteiger charge is 2.47. The first-order chi connectivity index (χ1) is 20.5. The summed E-state index contributed by atoms with van der Waals surface area (Å²) in [7, 11) is -2.12. The van der Waals surface area contributed by atoms with Gasteiger partial charge in [-0.3, -0.25) is 9.58 Å². The van der Waals surface area contributed by atoms with Gasteiger partial charge in [0.15, 0.2) is 8.32 Å². The number of rotatable bonds is 6. The molecule has 0 saturated carbocycles. The van der Waals surface area contributed by atoms with Gasteiger partial charge >= 0.3 is 6.09 Å². The lowest BCUT2D eigenvalue weighted by molar-refractivity contribution is 0.0575. The zero-order chi connectivity index (χ0) is 32.1. The average Bonchev–Trinajstić information content (AvgIpc) is 3.49. The molecule has 5 rings (SSSR count). The molecule has 0 aliphatic carbocycles. The minimum atomic E-state index is -2.12. The number of ether oxygens (including phenoxy) is 2. The van der Waals surface area contributed by atoms with Crippen LogP contribution in [0.25, 0.3) is 11.3 Å². The number of anilines is 3. The van der Waals surface area contributed by atoms with Gasteiger partial charge in [0, 0.05) is 30.3 Å². The maximum Gasteiger partial charge on any atom is 0.414 e. The molecule has 0 bridgehead atoms. The highest BCUT2D eigenvalue weighted by molar-refractivity contribution is 6.74. The second-order valence-electron chi connectivity index (χ2n) is 14.4. The number of hydrogen-bond acceptors (Lipinski definition) is 9. The molecule has 2 aliphatic rings. The monoisotopic (exact) mass is 617 g/mol. The molecule has 44 heavy (non-hydrogen) atoms. The quantitative estimate of drug-likeness (QED) is 0.308. The van der Waals surface area contributed by atoms with E-state index in [0.717, 1.165) is 22.5 Å². The molecule has 234 valence electrons. The van der Waals surface area contributed by atoms with Crippen molar-refractivity contribution in [1.29, 1.82) is 5.26 Å². The summed E-state index contributed by atoms with van der Waals surface area (Å²) < 4.78 is 20.0. The van der Waals surface area contributed by atoms with Crippen LogP contribution in [0, 0.1) is 11.3 Å². The van der Waals surface area contributed by atoms with Gasteiger partial charge in [-0.05, 0) is 62.7 Å². The summed E-state index contributed by atoms with van der Waals surface area (Å²) in [6.45, 7) is 21.2. The summed E-state index contributed by atoms with van der Waals surface area (Å²) in [5.74, 6) is 0.405. The van der Waals surface area contributed by atoms with E-state index in [2.05, 4.69) is 62.3 Å². The van der Waals surface area contributed by atoms with Gasteiger partial charge in [0.1, 0.15) is 11.7 Å². The molecule has 2 aliphatic heterocycles. The smallest absolute Gasteiger partial charge is 0.414 e. The highest BCUT2D eigenvalue weighted by atomic mass is 28.4. The molecule has 0 radical (unpaired) electrons. The van der Waals surface area contributed by atoms with E-state index < -0.39 is 25.4 Å². The number of benzene rings is 1. The van der Waals surface area contributed by atoms with E-state index in [-0.39, 0.29) is 5.04 Å². The van der Waals surface area contributed by atoms with Crippen molar-refractivity contribution in [2.75, 3.05) is 30.0 Å². The molecule has 1 N–H and O–H groups in total. The highest BCUT2D eigenvalue weighted by Crippen LogP contribution is 2.47. The Morgan fingerprint density at radius 1 is 1.23 bits per heavy atom. The largest absolute Gasteiger partial charge is 0.443 e. The van der Waals surface area contributed by atoms with E-state index in [1.807, 2.05) is 37.6 Å². The number of fused-ring (bicyclic) bond motifs is 2. The van der Waals surface area contributed by atoms with Crippen molar-refractivity contribution in [3.63, 3.8) is 0 Å². The van der Waals surface area contributed by atoms with Gasteiger partial charge in [-0.1, -0.05) is 27.7 Å². The molecule has 0 unspecified atom stereocenters. The van der Waals surface area contributed by atoms with E-state index in [1.54, 1.807) is 23.4 Å². The number of nitrogens with one attached hydrogen (secondary N) is 1. The Morgan fingerprint density at radius 2 is 1.98 bits per heavy atom. The molecule has 0 spiro atoms. The number of aromatic nitrogens is 4. The van der Waals surface area contributed by atoms with E-state index in [0.29, 0.717) is 55.8 Å². The van der Waals surface area contributed by atoms with Crippen LogP contribution >= 0.6 is 0 Å². The molecule has 12 heteroatoms. The molecule has 4 heterocycles. The van der Waals surface area contributed by atoms with Gasteiger partial charge in [0.25, 0.3) is 0 Å². The van der Waals surface area contributed by atoms with Crippen molar-refractivity contribution < 1.29 is 18.7 Å². The molecular formula is C32H43N7O4Si. The Hall–Kier alpha value is -3.79. The third-order valence-corrected chi connectivity index (χ3v) is 13.1. The minimum absolute atomic E-state index is 0.0147. The van der Waals surface area contributed by atoms with Gasteiger partial charge in [-0.2, -0.15) is 10.4 Å². The summed E-state index contributed by atoms with van der Waals surface area (Å²) >= 11 is 0. The SMILES string of the molecule is CC(C)(C)OC(=O)N1C[C@](C)(CO[Si](C)(C)C(C)(C)C)c2cc(-c3ccnc(Nc4cnn5c4COCC5)n3)cc(C#N)c21. The Labute approximate surface area is 260 Å². The first kappa shape index (κ1) is 31.6. The number of amides is 1. The van der Waals surface area contributed by atoms with Crippen LogP contribution in [-0.2, 0) is 32.5 Å². The zero-order valence-corrected chi connectivity index (χ0v) is 28.2. The van der Waals surface area contributed by atoms with Gasteiger partial charge in [0.2, 0.25) is 5.95 Å². The second kappa shape index (κ2) is 11.3. The first-order valence-electron chi connectivity index (χ1n) is 15.0. The lowest BCUT2D eigenvalue weighted by atomic mass is 9.83. The fraction of sp³-hybridized carbons (Fsp3) is 0.531. The normalized spacial score (nSPS) is 18.4. The number of nitriles is 1. The lowest BCUT2D eigenvalue weighted by Gasteiger charge is -2.39. The Balaban J connectivity index is 1.55. The fourth-order valence-electron chi connectivity index (χ4n) is 5.16. The van der Waals surface area contributed by atoms with Crippen LogP contribution in [0.15, 0.2) is 30.6 Å². The first-order valence-corrected chi connectivity index (χ1v) is 17.9. The molecule has 0 fully saturated rings. The van der Waals surface area contributed by atoms with Gasteiger partial charge < -0.3 is 19.2 Å². The second-order valence-corrected chi connectivity index (χ2v) is 19.2. The molecule has 0 saturated heterocycles. The predicted octanol–water partition coefficient (Wildman–Crippen LogP) is 6.52. The molecule has 1 atom stereocenters. The Morgan fingerprint density at radius 3 is 2.66 bits per heavy atom. The van der Waals surface area contributed by atoms with E-state index in [1.165, 1.54) is 0 Å². The summed E-state index contributed by atoms with van der Waals surface area (Å²) in [4.78, 5) is 24.3. The predicted molar refractivity (Wildman–Crippen MR) is 171 cm³/mol. The minimum Gasteiger partial charge on any atom is -0.443 e. The Bertz CT molecular complexity index is 1620. The van der Waals surface area contributed by atoms with Crippen LogP contribution in [0.4, 0.5) is 22.1 Å². The molecule has 11 nitrogen and oxygen atoms in total. The fourth-order valence-corrected chi connectivity index (χ4v) is 6.28. The van der Waals surface area contributed by atoms with Crippen LogP contribution in [0.3, 0.4) is 0 Å². The van der Waals surface area contributed by atoms with Gasteiger partial charge in [-0.15, -0.1) is 0 Å². The summed E-state index contributed by atoms with van der Waals surface area (Å²) in [5, 5.41) is 18.1. The van der Waals surface area contributed by atoms with E-state index in [9.17, 15) is 10.1 Å². The Kier molecular flexibility index (Phi) is 8.11. The molecule has 1 aromatic carbocycles. The average molecular weight is 618 g/mol. The van der Waals surface area contributed by atoms with Crippen molar-refractivity contribution >= 4 is 31.7 Å². The van der Waals surface area contributed by atoms with Gasteiger partial charge in [0.05, 0.1) is 54.3 Å². The van der Waals surface area contributed by atoms with Crippen molar-refractivity contribution in [1.82, 2.24) is 19.7 Å². The van der Waals surface area contributed by atoms with Crippen molar-refractivity contribution in [2.24, 2.45) is 0 Å². The molecule has 1 amide bonds. The molecule has 3 aromatic rings. The maximum atomic E-state index is 13.5. The number of carbonyl (C=O) groups excluding carboxylic acids is 1. The summed E-state index contributed by atoms with van der Waals surface area (Å²) in [6, 6.07) is 7.95. The number of hydrogen-bond donors (Lipinski definition) is 1. The topological polar surface area (TPSA) is 127 Å². The van der Waals surface area contributed by atoms with Crippen LogP contribution in [0.2, 0.25) is 18.1 Å². The third kappa shape index (κ3) is 6.22. The number of nitrogens with zero attached hydrogens (tertiary/aromatic N) is 6. The van der Waals surface area contributed by atoms with Crippen LogP contribution < -0.4 is 10.2 Å². The maximum absolute atomic E-state index is 13.5.